The Morgan fingerprint density at radius 3 is 2.45 bits per heavy atom. The number of anilines is 1. The van der Waals surface area contributed by atoms with Crippen molar-refractivity contribution in [2.24, 2.45) is 0 Å². The fourth-order valence-electron chi connectivity index (χ4n) is 3.09. The number of aromatic nitrogens is 3. The number of aryl methyl sites for hydroxylation is 1. The summed E-state index contributed by atoms with van der Waals surface area (Å²) in [5.74, 6) is -2.05. The summed E-state index contributed by atoms with van der Waals surface area (Å²) in [6, 6.07) is 8.19. The van der Waals surface area contributed by atoms with Crippen LogP contribution in [0.4, 0.5) is 22.6 Å². The SMILES string of the molecule is COC(=O)c1cc(C)sc1NC(=O)c1cc2nc(-c3ccc(F)cc3)cc(C(F)(F)F)n2n1. The van der Waals surface area contributed by atoms with E-state index >= 15 is 0 Å². The van der Waals surface area contributed by atoms with Crippen molar-refractivity contribution in [3.8, 4) is 11.3 Å². The molecule has 0 spiro atoms. The highest BCUT2D eigenvalue weighted by atomic mass is 32.1. The Balaban J connectivity index is 1.76. The molecular formula is C21H14F4N4O3S. The van der Waals surface area contributed by atoms with Crippen LogP contribution in [-0.4, -0.2) is 33.6 Å². The van der Waals surface area contributed by atoms with Gasteiger partial charge in [-0.3, -0.25) is 4.79 Å². The second kappa shape index (κ2) is 8.28. The van der Waals surface area contributed by atoms with E-state index in [0.29, 0.717) is 9.39 Å². The summed E-state index contributed by atoms with van der Waals surface area (Å²) in [5.41, 5.74) is -1.43. The Morgan fingerprint density at radius 1 is 1.12 bits per heavy atom. The molecule has 0 atom stereocenters. The number of halogens is 4. The van der Waals surface area contributed by atoms with E-state index in [0.717, 1.165) is 35.6 Å². The minimum atomic E-state index is -4.81. The number of ether oxygens (including phenoxy) is 1. The van der Waals surface area contributed by atoms with Crippen LogP contribution >= 0.6 is 11.3 Å². The standard InChI is InChI=1S/C21H14F4N4O3S/c1-10-7-13(20(31)32-2)19(33-10)27-18(30)15-9-17-26-14(11-3-5-12(22)6-4-11)8-16(21(23,24)25)29(17)28-15/h3-9H,1-2H3,(H,27,30). The van der Waals surface area contributed by atoms with Gasteiger partial charge < -0.3 is 10.1 Å². The Morgan fingerprint density at radius 2 is 1.82 bits per heavy atom. The molecule has 0 unspecified atom stereocenters. The predicted molar refractivity (Wildman–Crippen MR) is 112 cm³/mol. The summed E-state index contributed by atoms with van der Waals surface area (Å²) in [5, 5.41) is 6.44. The first-order valence-electron chi connectivity index (χ1n) is 9.31. The molecule has 0 aliphatic heterocycles. The molecule has 7 nitrogen and oxygen atoms in total. The van der Waals surface area contributed by atoms with E-state index in [1.807, 2.05) is 0 Å². The zero-order chi connectivity index (χ0) is 23.9. The number of fused-ring (bicyclic) bond motifs is 1. The Labute approximate surface area is 187 Å². The van der Waals surface area contributed by atoms with Crippen LogP contribution in [0.5, 0.6) is 0 Å². The number of rotatable bonds is 4. The Kier molecular flexibility index (Phi) is 5.62. The van der Waals surface area contributed by atoms with E-state index in [4.69, 9.17) is 0 Å². The number of benzene rings is 1. The van der Waals surface area contributed by atoms with Gasteiger partial charge in [-0.1, -0.05) is 0 Å². The predicted octanol–water partition coefficient (Wildman–Crippen LogP) is 4.96. The Bertz CT molecular complexity index is 1380. The first-order chi connectivity index (χ1) is 15.6. The van der Waals surface area contributed by atoms with Gasteiger partial charge in [0, 0.05) is 16.5 Å². The molecule has 3 aromatic heterocycles. The molecule has 4 rings (SSSR count). The van der Waals surface area contributed by atoms with E-state index in [9.17, 15) is 27.2 Å². The van der Waals surface area contributed by atoms with Crippen molar-refractivity contribution < 1.29 is 31.9 Å². The number of thiophene rings is 1. The number of methoxy groups -OCH3 is 1. The second-order valence-corrected chi connectivity index (χ2v) is 8.13. The maximum atomic E-state index is 13.7. The molecule has 0 aliphatic rings. The van der Waals surface area contributed by atoms with Gasteiger partial charge in [0.2, 0.25) is 0 Å². The molecule has 0 saturated carbocycles. The van der Waals surface area contributed by atoms with E-state index in [1.54, 1.807) is 6.92 Å². The molecule has 170 valence electrons. The molecule has 12 heteroatoms. The molecular weight excluding hydrogens is 464 g/mol. The van der Waals surface area contributed by atoms with Crippen LogP contribution in [0.1, 0.15) is 31.4 Å². The first kappa shape index (κ1) is 22.4. The van der Waals surface area contributed by atoms with Crippen molar-refractivity contribution in [2.45, 2.75) is 13.1 Å². The van der Waals surface area contributed by atoms with Crippen LogP contribution in [0.2, 0.25) is 0 Å². The zero-order valence-corrected chi connectivity index (χ0v) is 17.8. The van der Waals surface area contributed by atoms with Gasteiger partial charge in [-0.25, -0.2) is 18.7 Å². The van der Waals surface area contributed by atoms with Gasteiger partial charge in [-0.2, -0.15) is 18.3 Å². The van der Waals surface area contributed by atoms with Crippen LogP contribution < -0.4 is 5.32 Å². The maximum absolute atomic E-state index is 13.7. The fourth-order valence-corrected chi connectivity index (χ4v) is 3.99. The third-order valence-electron chi connectivity index (χ3n) is 4.58. The lowest BCUT2D eigenvalue weighted by Crippen LogP contribution is -2.16. The number of carbonyl (C=O) groups excluding carboxylic acids is 2. The van der Waals surface area contributed by atoms with Crippen molar-refractivity contribution in [2.75, 3.05) is 12.4 Å². The van der Waals surface area contributed by atoms with Crippen LogP contribution in [0, 0.1) is 12.7 Å². The smallest absolute Gasteiger partial charge is 0.433 e. The van der Waals surface area contributed by atoms with Gasteiger partial charge in [0.25, 0.3) is 5.91 Å². The molecule has 33 heavy (non-hydrogen) atoms. The van der Waals surface area contributed by atoms with Crippen LogP contribution in [-0.2, 0) is 10.9 Å². The number of carbonyl (C=O) groups is 2. The van der Waals surface area contributed by atoms with Crippen molar-refractivity contribution in [1.29, 1.82) is 0 Å². The van der Waals surface area contributed by atoms with E-state index in [2.05, 4.69) is 20.1 Å². The van der Waals surface area contributed by atoms with Crippen LogP contribution in [0.15, 0.2) is 42.5 Å². The minimum absolute atomic E-state index is 0.0662. The van der Waals surface area contributed by atoms with Crippen LogP contribution in [0.3, 0.4) is 0 Å². The molecule has 0 saturated heterocycles. The van der Waals surface area contributed by atoms with Crippen molar-refractivity contribution in [3.63, 3.8) is 0 Å². The molecule has 0 aliphatic carbocycles. The molecule has 4 aromatic rings. The number of hydrogen-bond acceptors (Lipinski definition) is 6. The molecule has 1 amide bonds. The maximum Gasteiger partial charge on any atom is 0.433 e. The van der Waals surface area contributed by atoms with Gasteiger partial charge in [0.1, 0.15) is 10.8 Å². The van der Waals surface area contributed by atoms with Crippen molar-refractivity contribution in [1.82, 2.24) is 14.6 Å². The fraction of sp³-hybridized carbons (Fsp3) is 0.143. The third kappa shape index (κ3) is 4.42. The normalized spacial score (nSPS) is 11.6. The van der Waals surface area contributed by atoms with Crippen molar-refractivity contribution in [3.05, 3.63) is 70.1 Å². The van der Waals surface area contributed by atoms with Gasteiger partial charge in [-0.05, 0) is 43.3 Å². The number of amides is 1. The van der Waals surface area contributed by atoms with Crippen molar-refractivity contribution >= 4 is 33.9 Å². The number of nitrogens with zero attached hydrogens (tertiary/aromatic N) is 3. The summed E-state index contributed by atoms with van der Waals surface area (Å²) in [6.07, 6.45) is -4.81. The molecule has 1 N–H and O–H groups in total. The van der Waals surface area contributed by atoms with Gasteiger partial charge in [-0.15, -0.1) is 11.3 Å². The summed E-state index contributed by atoms with van der Waals surface area (Å²) in [6.45, 7) is 1.72. The number of esters is 1. The van der Waals surface area contributed by atoms with E-state index in [1.165, 1.54) is 25.3 Å². The molecule has 0 radical (unpaired) electrons. The highest BCUT2D eigenvalue weighted by molar-refractivity contribution is 7.16. The largest absolute Gasteiger partial charge is 0.465 e. The summed E-state index contributed by atoms with van der Waals surface area (Å²) < 4.78 is 59.6. The number of nitrogens with one attached hydrogen (secondary N) is 1. The lowest BCUT2D eigenvalue weighted by Gasteiger charge is -2.11. The lowest BCUT2D eigenvalue weighted by atomic mass is 10.1. The van der Waals surface area contributed by atoms with Gasteiger partial charge in [0.05, 0.1) is 18.4 Å². The Hall–Kier alpha value is -3.80. The quantitative estimate of drug-likeness (QED) is 0.331. The average Bonchev–Trinajstić information content (AvgIpc) is 3.35. The van der Waals surface area contributed by atoms with E-state index in [-0.39, 0.29) is 33.2 Å². The average molecular weight is 478 g/mol. The van der Waals surface area contributed by atoms with Crippen LogP contribution in [0.25, 0.3) is 16.9 Å². The summed E-state index contributed by atoms with van der Waals surface area (Å²) in [7, 11) is 1.19. The summed E-state index contributed by atoms with van der Waals surface area (Å²) in [4.78, 5) is 29.5. The molecule has 3 heterocycles. The topological polar surface area (TPSA) is 85.6 Å². The number of alkyl halides is 3. The first-order valence-corrected chi connectivity index (χ1v) is 10.1. The molecule has 0 bridgehead atoms. The summed E-state index contributed by atoms with van der Waals surface area (Å²) >= 11 is 1.10. The highest BCUT2D eigenvalue weighted by Crippen LogP contribution is 2.33. The minimum Gasteiger partial charge on any atom is -0.465 e. The second-order valence-electron chi connectivity index (χ2n) is 6.88. The van der Waals surface area contributed by atoms with Gasteiger partial charge in [0.15, 0.2) is 17.0 Å². The van der Waals surface area contributed by atoms with Gasteiger partial charge >= 0.3 is 12.1 Å². The molecule has 0 fully saturated rings. The lowest BCUT2D eigenvalue weighted by molar-refractivity contribution is -0.142. The zero-order valence-electron chi connectivity index (χ0n) is 17.0. The number of hydrogen-bond donors (Lipinski definition) is 1. The third-order valence-corrected chi connectivity index (χ3v) is 5.54. The highest BCUT2D eigenvalue weighted by Gasteiger charge is 2.35. The van der Waals surface area contributed by atoms with E-state index < -0.39 is 29.6 Å². The monoisotopic (exact) mass is 478 g/mol. The molecule has 1 aromatic carbocycles.